The summed E-state index contributed by atoms with van der Waals surface area (Å²) in [5.41, 5.74) is 0.869. The Bertz CT molecular complexity index is 486. The third-order valence-electron chi connectivity index (χ3n) is 3.03. The van der Waals surface area contributed by atoms with Crippen molar-refractivity contribution in [2.45, 2.75) is 18.2 Å². The molecule has 0 aliphatic carbocycles. The Kier molecular flexibility index (Phi) is 5.83. The number of hydrogen-bond donors (Lipinski definition) is 1. The lowest BCUT2D eigenvalue weighted by Gasteiger charge is -2.29. The molecular weight excluding hydrogens is 285 g/mol. The third kappa shape index (κ3) is 3.86. The predicted molar refractivity (Wildman–Crippen MR) is 73.2 cm³/mol. The molecule has 1 unspecified atom stereocenters. The second-order valence-corrected chi connectivity index (χ2v) is 6.88. The monoisotopic (exact) mass is 303 g/mol. The van der Waals surface area contributed by atoms with Gasteiger partial charge in [0.15, 0.2) is 0 Å². The maximum absolute atomic E-state index is 12.3. The molecule has 0 aromatic heterocycles. The zero-order chi connectivity index (χ0) is 15.2. The van der Waals surface area contributed by atoms with Crippen molar-refractivity contribution < 1.29 is 23.6 Å². The van der Waals surface area contributed by atoms with Crippen molar-refractivity contribution in [2.24, 2.45) is 0 Å². The Hall–Kier alpha value is -1.27. The predicted octanol–water partition coefficient (Wildman–Crippen LogP) is 2.07. The Morgan fingerprint density at radius 1 is 1.30 bits per heavy atom. The van der Waals surface area contributed by atoms with E-state index in [9.17, 15) is 19.8 Å². The minimum absolute atomic E-state index is 0.100. The summed E-state index contributed by atoms with van der Waals surface area (Å²) >= 11 is 0. The highest BCUT2D eigenvalue weighted by molar-refractivity contribution is 7.55. The van der Waals surface area contributed by atoms with Crippen molar-refractivity contribution in [3.63, 3.8) is 0 Å². The molecule has 0 amide bonds. The molecule has 1 aromatic carbocycles. The van der Waals surface area contributed by atoms with Crippen molar-refractivity contribution in [1.29, 1.82) is 0 Å². The molecule has 1 atom stereocenters. The quantitative estimate of drug-likeness (QED) is 0.448. The number of rotatable bonds is 8. The lowest BCUT2D eigenvalue weighted by atomic mass is 10.1. The van der Waals surface area contributed by atoms with Crippen LogP contribution in [0.2, 0.25) is 0 Å². The smallest absolute Gasteiger partial charge is 0.368 e. The largest absolute Gasteiger partial charge is 0.372 e. The molecule has 112 valence electrons. The number of hydrogen-bond acceptors (Lipinski definition) is 6. The van der Waals surface area contributed by atoms with E-state index < -0.39 is 24.4 Å². The summed E-state index contributed by atoms with van der Waals surface area (Å²) in [6, 6.07) is 9.10. The SMILES string of the molecule is COP(=O)(OC)C(O)(CCc1ccccc1)C[N+](=O)[O-]. The van der Waals surface area contributed by atoms with Crippen molar-refractivity contribution in [3.8, 4) is 0 Å². The molecule has 0 aliphatic heterocycles. The molecule has 0 radical (unpaired) electrons. The fourth-order valence-electron chi connectivity index (χ4n) is 1.91. The summed E-state index contributed by atoms with van der Waals surface area (Å²) < 4.78 is 21.8. The van der Waals surface area contributed by atoms with E-state index in [4.69, 9.17) is 9.05 Å². The first kappa shape index (κ1) is 16.8. The Balaban J connectivity index is 2.94. The van der Waals surface area contributed by atoms with Crippen LogP contribution in [-0.4, -0.2) is 36.1 Å². The van der Waals surface area contributed by atoms with Crippen LogP contribution in [0.25, 0.3) is 0 Å². The highest BCUT2D eigenvalue weighted by atomic mass is 31.2. The first-order chi connectivity index (χ1) is 9.37. The fraction of sp³-hybridized carbons (Fsp3) is 0.500. The summed E-state index contributed by atoms with van der Waals surface area (Å²) in [7, 11) is -1.79. The Morgan fingerprint density at radius 2 is 1.85 bits per heavy atom. The van der Waals surface area contributed by atoms with Crippen LogP contribution in [0.5, 0.6) is 0 Å². The van der Waals surface area contributed by atoms with Gasteiger partial charge in [-0.15, -0.1) is 0 Å². The van der Waals surface area contributed by atoms with Crippen LogP contribution in [0, 0.1) is 10.1 Å². The van der Waals surface area contributed by atoms with Gasteiger partial charge in [-0.3, -0.25) is 14.7 Å². The van der Waals surface area contributed by atoms with Gasteiger partial charge in [0.1, 0.15) is 0 Å². The van der Waals surface area contributed by atoms with Crippen LogP contribution in [-0.2, 0) is 20.0 Å². The van der Waals surface area contributed by atoms with Crippen LogP contribution in [0.1, 0.15) is 12.0 Å². The molecule has 0 bridgehead atoms. The van der Waals surface area contributed by atoms with Gasteiger partial charge < -0.3 is 14.2 Å². The standard InChI is InChI=1S/C12H18NO6P/c1-18-20(17,19-2)12(14,10-13(15)16)9-8-11-6-4-3-5-7-11/h3-7,14H,8-10H2,1-2H3. The lowest BCUT2D eigenvalue weighted by Crippen LogP contribution is -2.38. The highest BCUT2D eigenvalue weighted by Gasteiger charge is 2.52. The average molecular weight is 303 g/mol. The van der Waals surface area contributed by atoms with E-state index in [1.165, 1.54) is 0 Å². The van der Waals surface area contributed by atoms with Crippen LogP contribution in [0.15, 0.2) is 30.3 Å². The lowest BCUT2D eigenvalue weighted by molar-refractivity contribution is -0.495. The summed E-state index contributed by atoms with van der Waals surface area (Å²) in [4.78, 5) is 9.99. The molecule has 0 saturated carbocycles. The number of benzene rings is 1. The molecule has 7 nitrogen and oxygen atoms in total. The van der Waals surface area contributed by atoms with E-state index in [0.717, 1.165) is 19.8 Å². The first-order valence-corrected chi connectivity index (χ1v) is 7.51. The minimum atomic E-state index is -3.98. The Labute approximate surface area is 117 Å². The molecule has 0 aliphatic rings. The highest BCUT2D eigenvalue weighted by Crippen LogP contribution is 2.59. The molecule has 0 spiro atoms. The molecule has 0 saturated heterocycles. The number of nitro groups is 1. The zero-order valence-electron chi connectivity index (χ0n) is 11.4. The zero-order valence-corrected chi connectivity index (χ0v) is 12.3. The average Bonchev–Trinajstić information content (AvgIpc) is 2.44. The van der Waals surface area contributed by atoms with Crippen LogP contribution in [0.3, 0.4) is 0 Å². The van der Waals surface area contributed by atoms with Crippen molar-refractivity contribution in [2.75, 3.05) is 20.8 Å². The summed E-state index contributed by atoms with van der Waals surface area (Å²) in [5.74, 6) is 0. The molecule has 0 heterocycles. The molecule has 1 rings (SSSR count). The van der Waals surface area contributed by atoms with E-state index in [1.54, 1.807) is 0 Å². The fourth-order valence-corrected chi connectivity index (χ4v) is 3.42. The van der Waals surface area contributed by atoms with Crippen LogP contribution in [0.4, 0.5) is 0 Å². The summed E-state index contributed by atoms with van der Waals surface area (Å²) in [5, 5.41) is 19.0. The van der Waals surface area contributed by atoms with Crippen molar-refractivity contribution in [3.05, 3.63) is 46.0 Å². The third-order valence-corrected chi connectivity index (χ3v) is 5.38. The van der Waals surface area contributed by atoms with Crippen molar-refractivity contribution >= 4 is 7.60 Å². The summed E-state index contributed by atoms with van der Waals surface area (Å²) in [6.07, 6.45) is 0.221. The van der Waals surface area contributed by atoms with E-state index in [-0.39, 0.29) is 6.42 Å². The maximum Gasteiger partial charge on any atom is 0.368 e. The van der Waals surface area contributed by atoms with Crippen molar-refractivity contribution in [1.82, 2.24) is 0 Å². The second-order valence-electron chi connectivity index (χ2n) is 4.32. The minimum Gasteiger partial charge on any atom is -0.372 e. The van der Waals surface area contributed by atoms with Gasteiger partial charge in [0.05, 0.1) is 0 Å². The van der Waals surface area contributed by atoms with E-state index in [1.807, 2.05) is 30.3 Å². The van der Waals surface area contributed by atoms with Crippen LogP contribution < -0.4 is 0 Å². The van der Waals surface area contributed by atoms with Gasteiger partial charge in [0, 0.05) is 19.1 Å². The molecule has 0 fully saturated rings. The summed E-state index contributed by atoms with van der Waals surface area (Å²) in [6.45, 7) is -0.904. The molecule has 1 N–H and O–H groups in total. The Morgan fingerprint density at radius 3 is 2.30 bits per heavy atom. The normalized spacial score (nSPS) is 14.8. The van der Waals surface area contributed by atoms with E-state index in [2.05, 4.69) is 0 Å². The van der Waals surface area contributed by atoms with E-state index >= 15 is 0 Å². The molecular formula is C12H18NO6P. The topological polar surface area (TPSA) is 98.9 Å². The van der Waals surface area contributed by atoms with Gasteiger partial charge in [0.2, 0.25) is 11.9 Å². The number of aliphatic hydroxyl groups is 1. The molecule has 1 aromatic rings. The first-order valence-electron chi connectivity index (χ1n) is 5.96. The molecule has 8 heteroatoms. The number of aryl methyl sites for hydroxylation is 1. The van der Waals surface area contributed by atoms with Gasteiger partial charge in [0.25, 0.3) is 0 Å². The second kappa shape index (κ2) is 6.95. The molecule has 20 heavy (non-hydrogen) atoms. The van der Waals surface area contributed by atoms with Gasteiger partial charge in [-0.05, 0) is 18.4 Å². The number of nitrogens with zero attached hydrogens (tertiary/aromatic N) is 1. The van der Waals surface area contributed by atoms with Crippen LogP contribution >= 0.6 is 7.60 Å². The van der Waals surface area contributed by atoms with Gasteiger partial charge in [-0.25, -0.2) is 0 Å². The maximum atomic E-state index is 12.3. The van der Waals surface area contributed by atoms with Gasteiger partial charge >= 0.3 is 7.60 Å². The van der Waals surface area contributed by atoms with E-state index in [0.29, 0.717) is 6.42 Å². The van der Waals surface area contributed by atoms with Gasteiger partial charge in [-0.2, -0.15) is 0 Å². The van der Waals surface area contributed by atoms with Gasteiger partial charge in [-0.1, -0.05) is 30.3 Å².